The molecule has 0 aliphatic heterocycles. The first-order valence-corrected chi connectivity index (χ1v) is 7.60. The highest BCUT2D eigenvalue weighted by Crippen LogP contribution is 2.31. The van der Waals surface area contributed by atoms with Crippen molar-refractivity contribution < 1.29 is 23.1 Å². The van der Waals surface area contributed by atoms with Crippen LogP contribution in [0.25, 0.3) is 5.69 Å². The molecule has 1 amide bonds. The molecule has 0 saturated carbocycles. The third-order valence-electron chi connectivity index (χ3n) is 3.21. The van der Waals surface area contributed by atoms with Crippen LogP contribution in [0.3, 0.4) is 0 Å². The molecule has 25 heavy (non-hydrogen) atoms. The van der Waals surface area contributed by atoms with Crippen LogP contribution in [0.2, 0.25) is 0 Å². The summed E-state index contributed by atoms with van der Waals surface area (Å²) in [6, 6.07) is 6.33. The highest BCUT2D eigenvalue weighted by Gasteiger charge is 2.35. The summed E-state index contributed by atoms with van der Waals surface area (Å²) in [7, 11) is 0. The number of alkyl halides is 3. The van der Waals surface area contributed by atoms with Crippen LogP contribution in [0.4, 0.5) is 18.9 Å². The number of benzene rings is 1. The van der Waals surface area contributed by atoms with Crippen molar-refractivity contribution in [3.8, 4) is 11.6 Å². The van der Waals surface area contributed by atoms with Gasteiger partial charge < -0.3 is 10.4 Å². The van der Waals surface area contributed by atoms with Crippen molar-refractivity contribution >= 4 is 23.1 Å². The maximum atomic E-state index is 12.6. The molecule has 1 aromatic carbocycles. The van der Waals surface area contributed by atoms with Gasteiger partial charge in [0.2, 0.25) is 5.88 Å². The number of aromatic nitrogens is 4. The van der Waals surface area contributed by atoms with Gasteiger partial charge in [0.25, 0.3) is 5.91 Å². The van der Waals surface area contributed by atoms with Crippen LogP contribution >= 0.6 is 11.5 Å². The van der Waals surface area contributed by atoms with E-state index in [0.717, 1.165) is 16.2 Å². The molecule has 7 nitrogen and oxygen atoms in total. The van der Waals surface area contributed by atoms with Crippen molar-refractivity contribution in [1.82, 2.24) is 19.4 Å². The number of rotatable bonds is 3. The lowest BCUT2D eigenvalue weighted by Gasteiger charge is -2.07. The van der Waals surface area contributed by atoms with Gasteiger partial charge in [-0.2, -0.15) is 18.3 Å². The zero-order chi connectivity index (χ0) is 18.2. The summed E-state index contributed by atoms with van der Waals surface area (Å²) in [4.78, 5) is 12.4. The molecule has 0 atom stereocenters. The smallest absolute Gasteiger partial charge is 0.435 e. The molecule has 0 aliphatic carbocycles. The normalized spacial score (nSPS) is 11.5. The predicted octanol–water partition coefficient (Wildman–Crippen LogP) is 3.01. The minimum atomic E-state index is -4.66. The minimum Gasteiger partial charge on any atom is -0.493 e. The average molecular weight is 369 g/mol. The molecule has 0 radical (unpaired) electrons. The predicted molar refractivity (Wildman–Crippen MR) is 82.8 cm³/mol. The van der Waals surface area contributed by atoms with E-state index < -0.39 is 17.8 Å². The lowest BCUT2D eigenvalue weighted by molar-refractivity contribution is -0.141. The number of aryl methyl sites for hydroxylation is 1. The van der Waals surface area contributed by atoms with Crippen molar-refractivity contribution in [1.29, 1.82) is 0 Å². The van der Waals surface area contributed by atoms with Gasteiger partial charge >= 0.3 is 6.18 Å². The summed E-state index contributed by atoms with van der Waals surface area (Å²) in [6.07, 6.45) is -4.66. The van der Waals surface area contributed by atoms with E-state index in [1.54, 1.807) is 6.92 Å². The standard InChI is InChI=1S/C14H10F3N5O2S/c1-7-12(25-21-19-7)13(24)18-8-2-4-9(5-3-8)22-11(23)6-10(20-22)14(15,16)17/h2-6,23H,1H3,(H,18,24). The Kier molecular flexibility index (Phi) is 4.17. The van der Waals surface area contributed by atoms with Crippen LogP contribution in [0.15, 0.2) is 30.3 Å². The van der Waals surface area contributed by atoms with Crippen molar-refractivity contribution in [3.63, 3.8) is 0 Å². The molecule has 3 rings (SSSR count). The topological polar surface area (TPSA) is 92.9 Å². The molecule has 3 aromatic rings. The summed E-state index contributed by atoms with van der Waals surface area (Å²) in [5, 5.41) is 19.3. The van der Waals surface area contributed by atoms with Crippen LogP contribution in [0.1, 0.15) is 21.1 Å². The van der Waals surface area contributed by atoms with Crippen molar-refractivity contribution in [2.45, 2.75) is 13.1 Å². The number of amides is 1. The van der Waals surface area contributed by atoms with E-state index in [2.05, 4.69) is 20.0 Å². The number of nitrogens with one attached hydrogen (secondary N) is 1. The number of hydrogen-bond acceptors (Lipinski definition) is 6. The molecule has 2 N–H and O–H groups in total. The zero-order valence-electron chi connectivity index (χ0n) is 12.6. The van der Waals surface area contributed by atoms with Crippen LogP contribution in [0.5, 0.6) is 5.88 Å². The Hall–Kier alpha value is -2.95. The van der Waals surface area contributed by atoms with Gasteiger partial charge in [-0.15, -0.1) is 5.10 Å². The first kappa shape index (κ1) is 16.9. The van der Waals surface area contributed by atoms with Gasteiger partial charge in [0.15, 0.2) is 5.69 Å². The van der Waals surface area contributed by atoms with Gasteiger partial charge in [-0.25, -0.2) is 4.68 Å². The Balaban J connectivity index is 1.80. The summed E-state index contributed by atoms with van der Waals surface area (Å²) in [6.45, 7) is 1.65. The molecule has 0 saturated heterocycles. The Labute approximate surface area is 142 Å². The lowest BCUT2D eigenvalue weighted by atomic mass is 10.2. The highest BCUT2D eigenvalue weighted by molar-refractivity contribution is 7.08. The van der Waals surface area contributed by atoms with E-state index in [4.69, 9.17) is 0 Å². The monoisotopic (exact) mass is 369 g/mol. The maximum Gasteiger partial charge on any atom is 0.435 e. The Morgan fingerprint density at radius 1 is 1.28 bits per heavy atom. The summed E-state index contributed by atoms with van der Waals surface area (Å²) < 4.78 is 42.3. The van der Waals surface area contributed by atoms with Gasteiger partial charge in [-0.1, -0.05) is 4.49 Å². The fraction of sp³-hybridized carbons (Fsp3) is 0.143. The molecule has 2 heterocycles. The quantitative estimate of drug-likeness (QED) is 0.740. The SMILES string of the molecule is Cc1nnsc1C(=O)Nc1ccc(-n2nc(C(F)(F)F)cc2O)cc1. The van der Waals surface area contributed by atoms with E-state index in [9.17, 15) is 23.1 Å². The zero-order valence-corrected chi connectivity index (χ0v) is 13.4. The van der Waals surface area contributed by atoms with Gasteiger partial charge in [0.05, 0.1) is 11.4 Å². The first-order valence-electron chi connectivity index (χ1n) is 6.82. The molecule has 2 aromatic heterocycles. The molecule has 0 unspecified atom stereocenters. The van der Waals surface area contributed by atoms with Gasteiger partial charge in [0.1, 0.15) is 4.88 Å². The van der Waals surface area contributed by atoms with Gasteiger partial charge in [0, 0.05) is 11.8 Å². The highest BCUT2D eigenvalue weighted by atomic mass is 32.1. The second kappa shape index (κ2) is 6.16. The molecular formula is C14H10F3N5O2S. The van der Waals surface area contributed by atoms with Crippen LogP contribution in [-0.4, -0.2) is 30.4 Å². The second-order valence-corrected chi connectivity index (χ2v) is 5.74. The van der Waals surface area contributed by atoms with Crippen LogP contribution < -0.4 is 5.32 Å². The number of halogens is 3. The molecular weight excluding hydrogens is 359 g/mol. The lowest BCUT2D eigenvalue weighted by Crippen LogP contribution is -2.11. The number of carbonyl (C=O) groups is 1. The Bertz CT molecular complexity index is 917. The second-order valence-electron chi connectivity index (χ2n) is 4.99. The van der Waals surface area contributed by atoms with E-state index in [1.807, 2.05) is 0 Å². The number of hydrogen-bond donors (Lipinski definition) is 2. The summed E-state index contributed by atoms with van der Waals surface area (Å²) in [5.41, 5.74) is -0.0679. The molecule has 130 valence electrons. The number of nitrogens with zero attached hydrogens (tertiary/aromatic N) is 4. The largest absolute Gasteiger partial charge is 0.493 e. The number of anilines is 1. The van der Waals surface area contributed by atoms with Gasteiger partial charge in [-0.3, -0.25) is 4.79 Å². The molecule has 0 aliphatic rings. The van der Waals surface area contributed by atoms with E-state index in [1.165, 1.54) is 24.3 Å². The Morgan fingerprint density at radius 2 is 1.96 bits per heavy atom. The van der Waals surface area contributed by atoms with E-state index >= 15 is 0 Å². The van der Waals surface area contributed by atoms with Crippen molar-refractivity contribution in [2.75, 3.05) is 5.32 Å². The third kappa shape index (κ3) is 3.45. The van der Waals surface area contributed by atoms with E-state index in [-0.39, 0.29) is 11.6 Å². The van der Waals surface area contributed by atoms with E-state index in [0.29, 0.717) is 22.3 Å². The van der Waals surface area contributed by atoms with Crippen molar-refractivity contribution in [2.24, 2.45) is 0 Å². The van der Waals surface area contributed by atoms with Crippen LogP contribution in [0, 0.1) is 6.92 Å². The first-order chi connectivity index (χ1) is 11.8. The number of carbonyl (C=O) groups excluding carboxylic acids is 1. The molecule has 0 spiro atoms. The molecule has 11 heteroatoms. The minimum absolute atomic E-state index is 0.210. The fourth-order valence-corrected chi connectivity index (χ4v) is 2.57. The Morgan fingerprint density at radius 3 is 2.48 bits per heavy atom. The van der Waals surface area contributed by atoms with Crippen molar-refractivity contribution in [3.05, 3.63) is 46.6 Å². The molecule has 0 bridgehead atoms. The summed E-state index contributed by atoms with van der Waals surface area (Å²) >= 11 is 0.957. The average Bonchev–Trinajstić information content (AvgIpc) is 3.14. The number of aromatic hydroxyl groups is 1. The van der Waals surface area contributed by atoms with Crippen LogP contribution in [-0.2, 0) is 6.18 Å². The molecule has 0 fully saturated rings. The third-order valence-corrected chi connectivity index (χ3v) is 4.04. The maximum absolute atomic E-state index is 12.6. The fourth-order valence-electron chi connectivity index (χ4n) is 2.01. The van der Waals surface area contributed by atoms with Gasteiger partial charge in [-0.05, 0) is 42.7 Å². The summed E-state index contributed by atoms with van der Waals surface area (Å²) in [5.74, 6) is -1.03.